The molecule has 0 radical (unpaired) electrons. The lowest BCUT2D eigenvalue weighted by atomic mass is 10.2. The van der Waals surface area contributed by atoms with E-state index in [1.807, 2.05) is 0 Å². The second-order valence-corrected chi connectivity index (χ2v) is 5.77. The van der Waals surface area contributed by atoms with Crippen molar-refractivity contribution in [2.75, 3.05) is 19.8 Å². The molecule has 25 heavy (non-hydrogen) atoms. The van der Waals surface area contributed by atoms with Crippen molar-refractivity contribution in [1.29, 1.82) is 0 Å². The Balaban J connectivity index is 2.26. The van der Waals surface area contributed by atoms with Crippen LogP contribution in [0.5, 0.6) is 11.5 Å². The van der Waals surface area contributed by atoms with Crippen LogP contribution in [0.25, 0.3) is 6.08 Å². The number of amides is 2. The number of aliphatic carboxylic acids is 1. The number of hydrogen-bond acceptors (Lipinski definition) is 7. The van der Waals surface area contributed by atoms with E-state index >= 15 is 0 Å². The molecule has 0 atom stereocenters. The topological polar surface area (TPSA) is 96.0 Å². The minimum atomic E-state index is -1.35. The Labute approximate surface area is 148 Å². The van der Waals surface area contributed by atoms with E-state index in [9.17, 15) is 19.5 Å². The Morgan fingerprint density at radius 1 is 1.36 bits per heavy atom. The monoisotopic (exact) mass is 360 g/mol. The maximum Gasteiger partial charge on any atom is 0.294 e. The number of carboxylic acid groups (broad SMARTS) is 1. The van der Waals surface area contributed by atoms with E-state index in [1.165, 1.54) is 12.1 Å². The number of terminal acetylenes is 1. The molecule has 1 aliphatic rings. The highest BCUT2D eigenvalue weighted by Gasteiger charge is 2.34. The third-order valence-electron chi connectivity index (χ3n) is 3.03. The largest absolute Gasteiger partial charge is 0.546 e. The highest BCUT2D eigenvalue weighted by molar-refractivity contribution is 8.18. The summed E-state index contributed by atoms with van der Waals surface area (Å²) in [5.74, 6) is 1.02. The van der Waals surface area contributed by atoms with Crippen LogP contribution in [0, 0.1) is 12.3 Å². The van der Waals surface area contributed by atoms with E-state index in [0.717, 1.165) is 16.7 Å². The zero-order valence-electron chi connectivity index (χ0n) is 13.3. The number of nitrogens with zero attached hydrogens (tertiary/aromatic N) is 1. The molecule has 1 fully saturated rings. The van der Waals surface area contributed by atoms with E-state index in [-0.39, 0.29) is 17.2 Å². The van der Waals surface area contributed by atoms with Crippen molar-refractivity contribution < 1.29 is 29.0 Å². The number of benzene rings is 1. The average molecular weight is 360 g/mol. The number of carbonyl (C=O) groups is 3. The Kier molecular flexibility index (Phi) is 6.08. The van der Waals surface area contributed by atoms with Crippen molar-refractivity contribution in [3.8, 4) is 23.8 Å². The summed E-state index contributed by atoms with van der Waals surface area (Å²) in [5, 5.41) is 10.1. The van der Waals surface area contributed by atoms with E-state index in [2.05, 4.69) is 5.92 Å². The summed E-state index contributed by atoms with van der Waals surface area (Å²) in [6, 6.07) is 4.72. The molecule has 0 aliphatic carbocycles. The molecule has 130 valence electrons. The Morgan fingerprint density at radius 2 is 2.12 bits per heavy atom. The van der Waals surface area contributed by atoms with E-state index in [4.69, 9.17) is 15.9 Å². The number of thioether (sulfide) groups is 1. The maximum absolute atomic E-state index is 12.2. The molecule has 0 N–H and O–H groups in total. The van der Waals surface area contributed by atoms with Gasteiger partial charge in [0.25, 0.3) is 11.1 Å². The first kappa shape index (κ1) is 18.4. The summed E-state index contributed by atoms with van der Waals surface area (Å²) in [7, 11) is 0. The van der Waals surface area contributed by atoms with Crippen molar-refractivity contribution >= 4 is 35.0 Å². The number of rotatable bonds is 7. The van der Waals surface area contributed by atoms with Gasteiger partial charge in [0.2, 0.25) is 0 Å². The van der Waals surface area contributed by atoms with Gasteiger partial charge in [-0.05, 0) is 42.5 Å². The minimum absolute atomic E-state index is 0.0811. The predicted molar refractivity (Wildman–Crippen MR) is 89.6 cm³/mol. The summed E-state index contributed by atoms with van der Waals surface area (Å²) in [5.41, 5.74) is 0.593. The summed E-state index contributed by atoms with van der Waals surface area (Å²) in [4.78, 5) is 35.7. The van der Waals surface area contributed by atoms with Crippen LogP contribution in [-0.4, -0.2) is 41.8 Å². The van der Waals surface area contributed by atoms with Crippen molar-refractivity contribution in [3.05, 3.63) is 28.7 Å². The third-order valence-corrected chi connectivity index (χ3v) is 3.94. The van der Waals surface area contributed by atoms with Gasteiger partial charge in [0.05, 0.1) is 24.0 Å². The smallest absolute Gasteiger partial charge is 0.294 e. The third kappa shape index (κ3) is 4.55. The lowest BCUT2D eigenvalue weighted by molar-refractivity contribution is -0.307. The van der Waals surface area contributed by atoms with Gasteiger partial charge >= 0.3 is 0 Å². The van der Waals surface area contributed by atoms with Crippen LogP contribution < -0.4 is 14.6 Å². The van der Waals surface area contributed by atoms with Gasteiger partial charge in [0.1, 0.15) is 6.61 Å². The van der Waals surface area contributed by atoms with Gasteiger partial charge in [-0.2, -0.15) is 0 Å². The maximum atomic E-state index is 12.2. The van der Waals surface area contributed by atoms with Crippen LogP contribution in [0.1, 0.15) is 12.5 Å². The van der Waals surface area contributed by atoms with Crippen LogP contribution in [0.15, 0.2) is 23.1 Å². The van der Waals surface area contributed by atoms with Gasteiger partial charge in [-0.25, -0.2) is 0 Å². The zero-order chi connectivity index (χ0) is 18.4. The van der Waals surface area contributed by atoms with Crippen LogP contribution >= 0.6 is 11.8 Å². The molecule has 0 saturated carbocycles. The predicted octanol–water partition coefficient (Wildman–Crippen LogP) is 0.883. The summed E-state index contributed by atoms with van der Waals surface area (Å²) in [6.45, 7) is 1.41. The molecule has 1 aromatic carbocycles. The number of carbonyl (C=O) groups excluding carboxylic acids is 3. The first-order valence-corrected chi connectivity index (χ1v) is 8.06. The highest BCUT2D eigenvalue weighted by Crippen LogP contribution is 2.34. The van der Waals surface area contributed by atoms with Gasteiger partial charge in [-0.1, -0.05) is 12.0 Å². The molecule has 2 rings (SSSR count). The van der Waals surface area contributed by atoms with Crippen molar-refractivity contribution in [1.82, 2.24) is 4.90 Å². The molecule has 0 bridgehead atoms. The number of ether oxygens (including phenoxy) is 2. The fourth-order valence-electron chi connectivity index (χ4n) is 2.02. The van der Waals surface area contributed by atoms with Crippen molar-refractivity contribution in [3.63, 3.8) is 0 Å². The lowest BCUT2D eigenvalue weighted by Crippen LogP contribution is -2.29. The summed E-state index contributed by atoms with van der Waals surface area (Å²) >= 11 is 0.799. The van der Waals surface area contributed by atoms with Crippen LogP contribution in [-0.2, 0) is 9.59 Å². The minimum Gasteiger partial charge on any atom is -0.546 e. The highest BCUT2D eigenvalue weighted by atomic mass is 32.2. The molecular weight excluding hydrogens is 346 g/mol. The van der Waals surface area contributed by atoms with Crippen LogP contribution in [0.2, 0.25) is 0 Å². The molecule has 0 unspecified atom stereocenters. The fraction of sp³-hybridized carbons (Fsp3) is 0.235. The zero-order valence-corrected chi connectivity index (χ0v) is 14.1. The van der Waals surface area contributed by atoms with E-state index < -0.39 is 23.7 Å². The molecule has 0 aromatic heterocycles. The molecule has 8 heteroatoms. The number of hydrogen-bond donors (Lipinski definition) is 0. The first-order valence-electron chi connectivity index (χ1n) is 7.24. The molecule has 7 nitrogen and oxygen atoms in total. The average Bonchev–Trinajstić information content (AvgIpc) is 2.82. The first-order chi connectivity index (χ1) is 12.0. The molecular formula is C17H14NO6S-. The van der Waals surface area contributed by atoms with Crippen molar-refractivity contribution in [2.24, 2.45) is 0 Å². The molecule has 0 spiro atoms. The Bertz CT molecular complexity index is 780. The normalized spacial score (nSPS) is 15.4. The summed E-state index contributed by atoms with van der Waals surface area (Å²) in [6.07, 6.45) is 6.68. The second-order valence-electron chi connectivity index (χ2n) is 4.77. The van der Waals surface area contributed by atoms with Gasteiger partial charge in [-0.3, -0.25) is 14.5 Å². The van der Waals surface area contributed by atoms with Gasteiger partial charge in [0, 0.05) is 0 Å². The number of carboxylic acids is 1. The standard InChI is InChI=1S/C17H15NO6S/c1-3-7-18-16(21)14(25-17(18)22)9-11-5-6-12(24-10-15(19)20)13(8-11)23-4-2/h1,5-6,8-9H,4,7,10H2,2H3,(H,19,20)/p-1/b14-9+. The Hall–Kier alpha value is -2.92. The summed E-state index contributed by atoms with van der Waals surface area (Å²) < 4.78 is 10.5. The quantitative estimate of drug-likeness (QED) is 0.526. The Morgan fingerprint density at radius 3 is 2.76 bits per heavy atom. The molecule has 2 amide bonds. The van der Waals surface area contributed by atoms with Gasteiger partial charge < -0.3 is 19.4 Å². The molecule has 1 aromatic rings. The van der Waals surface area contributed by atoms with Gasteiger partial charge in [0.15, 0.2) is 11.5 Å². The number of imide groups is 1. The lowest BCUT2D eigenvalue weighted by Gasteiger charge is -2.13. The van der Waals surface area contributed by atoms with Crippen molar-refractivity contribution in [2.45, 2.75) is 6.92 Å². The molecule has 1 saturated heterocycles. The fourth-order valence-corrected chi connectivity index (χ4v) is 2.86. The van der Waals surface area contributed by atoms with Crippen LogP contribution in [0.4, 0.5) is 4.79 Å². The van der Waals surface area contributed by atoms with Gasteiger partial charge in [-0.15, -0.1) is 6.42 Å². The van der Waals surface area contributed by atoms with Crippen LogP contribution in [0.3, 0.4) is 0 Å². The SMILES string of the molecule is C#CCN1C(=O)S/C(=C/c2ccc(OCC(=O)[O-])c(OCC)c2)C1=O. The van der Waals surface area contributed by atoms with E-state index in [0.29, 0.717) is 17.9 Å². The molecule has 1 heterocycles. The molecule has 1 aliphatic heterocycles. The second kappa shape index (κ2) is 8.26. The van der Waals surface area contributed by atoms with E-state index in [1.54, 1.807) is 19.1 Å².